The average molecular weight is 308 g/mol. The molecule has 21 heavy (non-hydrogen) atoms. The van der Waals surface area contributed by atoms with Crippen LogP contribution in [0, 0.1) is 5.92 Å². The highest BCUT2D eigenvalue weighted by Crippen LogP contribution is 2.41. The van der Waals surface area contributed by atoms with Crippen LogP contribution >= 0.6 is 11.3 Å². The van der Waals surface area contributed by atoms with Gasteiger partial charge in [-0.05, 0) is 45.4 Å². The number of hydrogen-bond donors (Lipinski definition) is 1. The van der Waals surface area contributed by atoms with E-state index in [-0.39, 0.29) is 5.54 Å². The SMILES string of the molecule is CCC1CCC(N)(c2nc3c(s2)CN(C(C)C)CC3)CC1. The first-order chi connectivity index (χ1) is 10.0. The van der Waals surface area contributed by atoms with Gasteiger partial charge in [-0.25, -0.2) is 4.98 Å². The van der Waals surface area contributed by atoms with Crippen molar-refractivity contribution >= 4 is 11.3 Å². The predicted octanol–water partition coefficient (Wildman–Crippen LogP) is 3.66. The van der Waals surface area contributed by atoms with Crippen molar-refractivity contribution in [2.45, 2.75) is 77.4 Å². The Labute approximate surface area is 132 Å². The van der Waals surface area contributed by atoms with Crippen LogP contribution in [0.15, 0.2) is 0 Å². The van der Waals surface area contributed by atoms with Gasteiger partial charge in [0.2, 0.25) is 0 Å². The third-order valence-corrected chi connectivity index (χ3v) is 6.79. The number of hydrogen-bond acceptors (Lipinski definition) is 4. The van der Waals surface area contributed by atoms with Crippen molar-refractivity contribution in [2.75, 3.05) is 6.54 Å². The smallest absolute Gasteiger partial charge is 0.113 e. The van der Waals surface area contributed by atoms with E-state index < -0.39 is 0 Å². The minimum Gasteiger partial charge on any atom is -0.319 e. The largest absolute Gasteiger partial charge is 0.319 e. The molecule has 1 aliphatic heterocycles. The van der Waals surface area contributed by atoms with Crippen molar-refractivity contribution in [3.05, 3.63) is 15.6 Å². The highest BCUT2D eigenvalue weighted by molar-refractivity contribution is 7.11. The molecule has 2 heterocycles. The lowest BCUT2D eigenvalue weighted by Gasteiger charge is -2.35. The van der Waals surface area contributed by atoms with Gasteiger partial charge in [0.25, 0.3) is 0 Å². The summed E-state index contributed by atoms with van der Waals surface area (Å²) < 4.78 is 0. The second-order valence-electron chi connectivity index (χ2n) is 7.21. The van der Waals surface area contributed by atoms with Crippen LogP contribution in [0.5, 0.6) is 0 Å². The standard InChI is InChI=1S/C17H29N3S/c1-4-13-5-8-17(18,9-6-13)16-19-14-7-10-20(12(2)3)11-15(14)21-16/h12-13H,4-11,18H2,1-3H3. The van der Waals surface area contributed by atoms with Crippen molar-refractivity contribution < 1.29 is 0 Å². The van der Waals surface area contributed by atoms with Gasteiger partial charge in [-0.2, -0.15) is 0 Å². The van der Waals surface area contributed by atoms with Gasteiger partial charge < -0.3 is 5.73 Å². The number of thiazole rings is 1. The highest BCUT2D eigenvalue weighted by atomic mass is 32.1. The van der Waals surface area contributed by atoms with E-state index in [9.17, 15) is 0 Å². The van der Waals surface area contributed by atoms with Gasteiger partial charge >= 0.3 is 0 Å². The number of fused-ring (bicyclic) bond motifs is 1. The van der Waals surface area contributed by atoms with Crippen LogP contribution < -0.4 is 5.73 Å². The summed E-state index contributed by atoms with van der Waals surface area (Å²) in [6, 6.07) is 0.621. The lowest BCUT2D eigenvalue weighted by molar-refractivity contribution is 0.204. The van der Waals surface area contributed by atoms with Gasteiger partial charge in [-0.1, -0.05) is 13.3 Å². The van der Waals surface area contributed by atoms with Crippen LogP contribution in [0.3, 0.4) is 0 Å². The van der Waals surface area contributed by atoms with E-state index in [2.05, 4.69) is 25.7 Å². The van der Waals surface area contributed by atoms with Crippen molar-refractivity contribution in [2.24, 2.45) is 11.7 Å². The highest BCUT2D eigenvalue weighted by Gasteiger charge is 2.36. The Morgan fingerprint density at radius 2 is 2.10 bits per heavy atom. The fourth-order valence-corrected chi connectivity index (χ4v) is 4.98. The quantitative estimate of drug-likeness (QED) is 0.926. The summed E-state index contributed by atoms with van der Waals surface area (Å²) in [7, 11) is 0. The van der Waals surface area contributed by atoms with E-state index in [4.69, 9.17) is 10.7 Å². The third kappa shape index (κ3) is 3.03. The average Bonchev–Trinajstić information content (AvgIpc) is 2.91. The summed E-state index contributed by atoms with van der Waals surface area (Å²) in [5.41, 5.74) is 7.92. The van der Waals surface area contributed by atoms with Crippen molar-refractivity contribution in [1.82, 2.24) is 9.88 Å². The van der Waals surface area contributed by atoms with Crippen LogP contribution in [0.1, 0.15) is 68.5 Å². The molecule has 0 aromatic carbocycles. The van der Waals surface area contributed by atoms with Crippen LogP contribution in [0.25, 0.3) is 0 Å². The zero-order valence-electron chi connectivity index (χ0n) is 13.7. The molecule has 118 valence electrons. The minimum atomic E-state index is -0.143. The summed E-state index contributed by atoms with van der Waals surface area (Å²) in [6.07, 6.45) is 7.17. The van der Waals surface area contributed by atoms with Crippen LogP contribution in [-0.2, 0) is 18.5 Å². The van der Waals surface area contributed by atoms with Gasteiger partial charge in [0.05, 0.1) is 11.2 Å². The van der Waals surface area contributed by atoms with E-state index >= 15 is 0 Å². The number of nitrogens with two attached hydrogens (primary N) is 1. The molecule has 0 saturated heterocycles. The maximum atomic E-state index is 6.74. The second kappa shape index (κ2) is 5.98. The summed E-state index contributed by atoms with van der Waals surface area (Å²) in [6.45, 7) is 9.07. The molecule has 3 nitrogen and oxygen atoms in total. The molecule has 2 aliphatic rings. The van der Waals surface area contributed by atoms with Crippen LogP contribution in [-0.4, -0.2) is 22.5 Å². The molecule has 1 aliphatic carbocycles. The van der Waals surface area contributed by atoms with E-state index in [0.717, 1.165) is 38.3 Å². The normalized spacial score (nSPS) is 30.6. The first-order valence-corrected chi connectivity index (χ1v) is 9.35. The minimum absolute atomic E-state index is 0.143. The Hall–Kier alpha value is -0.450. The van der Waals surface area contributed by atoms with Gasteiger partial charge in [0.15, 0.2) is 0 Å². The lowest BCUT2D eigenvalue weighted by atomic mass is 9.76. The molecule has 0 unspecified atom stereocenters. The van der Waals surface area contributed by atoms with Gasteiger partial charge in [0.1, 0.15) is 5.01 Å². The Kier molecular flexibility index (Phi) is 4.40. The number of aromatic nitrogens is 1. The van der Waals surface area contributed by atoms with Gasteiger partial charge in [0, 0.05) is 30.4 Å². The maximum absolute atomic E-state index is 6.74. The molecule has 0 bridgehead atoms. The van der Waals surface area contributed by atoms with Crippen LogP contribution in [0.2, 0.25) is 0 Å². The summed E-state index contributed by atoms with van der Waals surface area (Å²) in [4.78, 5) is 8.97. The first kappa shape index (κ1) is 15.4. The second-order valence-corrected chi connectivity index (χ2v) is 8.29. The van der Waals surface area contributed by atoms with E-state index in [1.807, 2.05) is 11.3 Å². The Bertz CT molecular complexity index is 486. The molecule has 1 saturated carbocycles. The number of nitrogens with zero attached hydrogens (tertiary/aromatic N) is 2. The molecule has 3 rings (SSSR count). The number of rotatable bonds is 3. The van der Waals surface area contributed by atoms with Gasteiger partial charge in [-0.3, -0.25) is 4.90 Å². The summed E-state index contributed by atoms with van der Waals surface area (Å²) >= 11 is 1.89. The molecule has 1 aromatic rings. The molecule has 0 atom stereocenters. The molecule has 1 aromatic heterocycles. The van der Waals surface area contributed by atoms with Crippen molar-refractivity contribution in [1.29, 1.82) is 0 Å². The lowest BCUT2D eigenvalue weighted by Crippen LogP contribution is -2.40. The molecule has 0 radical (unpaired) electrons. The van der Waals surface area contributed by atoms with E-state index in [1.54, 1.807) is 0 Å². The Morgan fingerprint density at radius 1 is 1.38 bits per heavy atom. The van der Waals surface area contributed by atoms with E-state index in [1.165, 1.54) is 34.8 Å². The summed E-state index contributed by atoms with van der Waals surface area (Å²) in [5, 5.41) is 1.22. The maximum Gasteiger partial charge on any atom is 0.113 e. The zero-order chi connectivity index (χ0) is 15.0. The van der Waals surface area contributed by atoms with E-state index in [0.29, 0.717) is 6.04 Å². The van der Waals surface area contributed by atoms with Crippen molar-refractivity contribution in [3.63, 3.8) is 0 Å². The molecule has 1 fully saturated rings. The first-order valence-electron chi connectivity index (χ1n) is 8.54. The molecular weight excluding hydrogens is 278 g/mol. The van der Waals surface area contributed by atoms with Gasteiger partial charge in [-0.15, -0.1) is 11.3 Å². The van der Waals surface area contributed by atoms with Crippen LogP contribution in [0.4, 0.5) is 0 Å². The third-order valence-electron chi connectivity index (χ3n) is 5.49. The monoisotopic (exact) mass is 307 g/mol. The fraction of sp³-hybridized carbons (Fsp3) is 0.824. The zero-order valence-corrected chi connectivity index (χ0v) is 14.5. The fourth-order valence-electron chi connectivity index (χ4n) is 3.68. The Morgan fingerprint density at radius 3 is 2.71 bits per heavy atom. The Balaban J connectivity index is 1.76. The molecular formula is C17H29N3S. The molecule has 4 heteroatoms. The molecule has 2 N–H and O–H groups in total. The molecule has 0 spiro atoms. The summed E-state index contributed by atoms with van der Waals surface area (Å²) in [5.74, 6) is 0.882. The molecule has 0 amide bonds. The van der Waals surface area contributed by atoms with Crippen molar-refractivity contribution in [3.8, 4) is 0 Å². The predicted molar refractivity (Wildman–Crippen MR) is 89.5 cm³/mol. The topological polar surface area (TPSA) is 42.1 Å².